The largest absolute Gasteiger partial charge is 0.623 e. The Hall–Kier alpha value is -1.30. The highest BCUT2D eigenvalue weighted by molar-refractivity contribution is 7.15. The first-order chi connectivity index (χ1) is 12.0. The average Bonchev–Trinajstić information content (AvgIpc) is 3.15. The maximum Gasteiger partial charge on any atom is 0.289 e. The molecule has 4 unspecified atom stereocenters. The Bertz CT molecular complexity index is 671. The molecule has 1 aliphatic carbocycles. The summed E-state index contributed by atoms with van der Waals surface area (Å²) in [6, 6.07) is 2.39. The number of fused-ring (bicyclic) bond motifs is 1. The van der Waals surface area contributed by atoms with Crippen molar-refractivity contribution in [3.05, 3.63) is 28.4 Å². The van der Waals surface area contributed by atoms with Crippen molar-refractivity contribution in [2.75, 3.05) is 19.8 Å². The molecule has 0 spiro atoms. The monoisotopic (exact) mass is 362 g/mol. The van der Waals surface area contributed by atoms with E-state index < -0.39 is 10.9 Å². The minimum Gasteiger partial charge on any atom is -0.623 e. The first-order valence-corrected chi connectivity index (χ1v) is 9.83. The molecular formula is C18H26N4O2S. The molecule has 4 atom stereocenters. The van der Waals surface area contributed by atoms with Crippen LogP contribution in [0.2, 0.25) is 0 Å². The molecule has 0 amide bonds. The fourth-order valence-electron chi connectivity index (χ4n) is 3.90. The van der Waals surface area contributed by atoms with Gasteiger partial charge in [-0.25, -0.2) is 4.90 Å². The van der Waals surface area contributed by atoms with Crippen molar-refractivity contribution in [2.24, 2.45) is 5.92 Å². The van der Waals surface area contributed by atoms with E-state index in [4.69, 9.17) is 0 Å². The number of thiazole rings is 1. The molecule has 1 aromatic heterocycles. The van der Waals surface area contributed by atoms with Gasteiger partial charge in [-0.15, -0.1) is 6.58 Å². The molecule has 7 heteroatoms. The Morgan fingerprint density at radius 3 is 3.08 bits per heavy atom. The number of β-amino-alcohol motifs (C(OH)–C–C–N with tert-alkyl or cyclic N) is 1. The van der Waals surface area contributed by atoms with Crippen molar-refractivity contribution in [2.45, 2.75) is 51.2 Å². The van der Waals surface area contributed by atoms with E-state index in [-0.39, 0.29) is 12.6 Å². The molecule has 25 heavy (non-hydrogen) atoms. The SMILES string of the molecule is C=CCCN1CC(O)[N+]([O-])(c2nc3c(s2)C(C#N)CC(CCC)C3)C1. The van der Waals surface area contributed by atoms with Crippen molar-refractivity contribution in [1.29, 1.82) is 5.26 Å². The van der Waals surface area contributed by atoms with E-state index in [0.29, 0.717) is 24.1 Å². The Morgan fingerprint density at radius 2 is 2.40 bits per heavy atom. The van der Waals surface area contributed by atoms with Crippen LogP contribution in [0.4, 0.5) is 5.13 Å². The van der Waals surface area contributed by atoms with Gasteiger partial charge >= 0.3 is 0 Å². The number of quaternary nitrogens is 1. The number of hydrogen-bond donors (Lipinski definition) is 1. The van der Waals surface area contributed by atoms with Crippen molar-refractivity contribution in [3.8, 4) is 6.07 Å². The van der Waals surface area contributed by atoms with Crippen LogP contribution < -0.4 is 4.65 Å². The molecule has 0 radical (unpaired) electrons. The number of hydroxylamine groups is 2. The Kier molecular flexibility index (Phi) is 5.56. The maximum absolute atomic E-state index is 13.3. The zero-order valence-corrected chi connectivity index (χ0v) is 15.5. The standard InChI is InChI=1S/C18H26N4O2S/c1-3-5-7-21-11-16(23)22(24,12-21)18-20-15-9-13(6-4-2)8-14(10-19)17(15)25-18/h3,13-14,16,23H,1,4-9,11-12H2,2H3. The summed E-state index contributed by atoms with van der Waals surface area (Å²) in [4.78, 5) is 7.52. The Labute approximate surface area is 153 Å². The Balaban J connectivity index is 1.85. The minimum absolute atomic E-state index is 0.172. The van der Waals surface area contributed by atoms with Crippen LogP contribution in [0.3, 0.4) is 0 Å². The number of aliphatic hydroxyl groups excluding tert-OH is 1. The van der Waals surface area contributed by atoms with E-state index >= 15 is 0 Å². The number of nitriles is 1. The molecule has 0 bridgehead atoms. The highest BCUT2D eigenvalue weighted by Gasteiger charge is 2.44. The van der Waals surface area contributed by atoms with Gasteiger partial charge < -0.3 is 10.3 Å². The summed E-state index contributed by atoms with van der Waals surface area (Å²) in [5, 5.41) is 33.6. The zero-order chi connectivity index (χ0) is 18.0. The summed E-state index contributed by atoms with van der Waals surface area (Å²) in [6.45, 7) is 7.13. The number of aromatic nitrogens is 1. The molecule has 2 aliphatic rings. The molecule has 1 fully saturated rings. The van der Waals surface area contributed by atoms with Crippen molar-refractivity contribution < 1.29 is 5.11 Å². The summed E-state index contributed by atoms with van der Waals surface area (Å²) in [6.07, 6.45) is 5.45. The summed E-state index contributed by atoms with van der Waals surface area (Å²) in [5.41, 5.74) is 0.904. The molecule has 3 rings (SSSR count). The third-order valence-electron chi connectivity index (χ3n) is 5.22. The van der Waals surface area contributed by atoms with Crippen LogP contribution >= 0.6 is 11.3 Å². The molecule has 1 aliphatic heterocycles. The molecule has 136 valence electrons. The van der Waals surface area contributed by atoms with Crippen LogP contribution in [0, 0.1) is 22.5 Å². The molecule has 6 nitrogen and oxygen atoms in total. The maximum atomic E-state index is 13.3. The minimum atomic E-state index is -1.02. The van der Waals surface area contributed by atoms with Gasteiger partial charge in [0.05, 0.1) is 29.1 Å². The lowest BCUT2D eigenvalue weighted by Gasteiger charge is -2.37. The molecule has 1 saturated heterocycles. The second-order valence-electron chi connectivity index (χ2n) is 7.16. The smallest absolute Gasteiger partial charge is 0.289 e. The van der Waals surface area contributed by atoms with Gasteiger partial charge in [0, 0.05) is 6.54 Å². The second-order valence-corrected chi connectivity index (χ2v) is 8.16. The fourth-order valence-corrected chi connectivity index (χ4v) is 5.13. The van der Waals surface area contributed by atoms with Gasteiger partial charge in [0.25, 0.3) is 5.13 Å². The quantitative estimate of drug-likeness (QED) is 0.478. The van der Waals surface area contributed by atoms with Crippen LogP contribution in [0.5, 0.6) is 0 Å². The molecule has 0 saturated carbocycles. The molecule has 2 heterocycles. The van der Waals surface area contributed by atoms with Crippen molar-refractivity contribution in [3.63, 3.8) is 0 Å². The van der Waals surface area contributed by atoms with Gasteiger partial charge in [0.15, 0.2) is 0 Å². The van der Waals surface area contributed by atoms with E-state index in [1.54, 1.807) is 0 Å². The third-order valence-corrected chi connectivity index (χ3v) is 6.55. The summed E-state index contributed by atoms with van der Waals surface area (Å²) >= 11 is 1.33. The van der Waals surface area contributed by atoms with Crippen molar-refractivity contribution >= 4 is 16.5 Å². The van der Waals surface area contributed by atoms with E-state index in [1.807, 2.05) is 11.0 Å². The third kappa shape index (κ3) is 3.50. The lowest BCUT2D eigenvalue weighted by molar-refractivity contribution is 0.0846. The van der Waals surface area contributed by atoms with Crippen LogP contribution in [0.25, 0.3) is 0 Å². The van der Waals surface area contributed by atoms with Gasteiger partial charge in [-0.1, -0.05) is 37.2 Å². The van der Waals surface area contributed by atoms with Gasteiger partial charge in [0.1, 0.15) is 6.67 Å². The van der Waals surface area contributed by atoms with E-state index in [0.717, 1.165) is 42.7 Å². The normalized spacial score (nSPS) is 32.3. The molecular weight excluding hydrogens is 336 g/mol. The summed E-state index contributed by atoms with van der Waals surface area (Å²) in [5.74, 6) is 0.291. The lowest BCUT2D eigenvalue weighted by Crippen LogP contribution is -2.48. The number of aliphatic hydroxyl groups is 1. The van der Waals surface area contributed by atoms with E-state index in [1.165, 1.54) is 11.3 Å². The number of nitrogens with zero attached hydrogens (tertiary/aromatic N) is 4. The zero-order valence-electron chi connectivity index (χ0n) is 14.7. The molecule has 0 aromatic carbocycles. The predicted octanol–water partition coefficient (Wildman–Crippen LogP) is 3.09. The predicted molar refractivity (Wildman–Crippen MR) is 99.6 cm³/mol. The van der Waals surface area contributed by atoms with Gasteiger partial charge in [-0.3, -0.25) is 4.65 Å². The molecule has 1 N–H and O–H groups in total. The highest BCUT2D eigenvalue weighted by Crippen LogP contribution is 2.44. The van der Waals surface area contributed by atoms with Gasteiger partial charge in [0.2, 0.25) is 6.23 Å². The Morgan fingerprint density at radius 1 is 1.60 bits per heavy atom. The average molecular weight is 362 g/mol. The summed E-state index contributed by atoms with van der Waals surface area (Å²) in [7, 11) is 0. The topological polar surface area (TPSA) is 83.2 Å². The lowest BCUT2D eigenvalue weighted by atomic mass is 9.82. The molecule has 1 aromatic rings. The highest BCUT2D eigenvalue weighted by atomic mass is 32.1. The van der Waals surface area contributed by atoms with Crippen LogP contribution in [-0.2, 0) is 6.42 Å². The first kappa shape index (κ1) is 18.5. The van der Waals surface area contributed by atoms with Gasteiger partial charge in [-0.2, -0.15) is 10.2 Å². The van der Waals surface area contributed by atoms with Crippen LogP contribution in [-0.4, -0.2) is 41.0 Å². The van der Waals surface area contributed by atoms with Crippen LogP contribution in [0.1, 0.15) is 49.1 Å². The first-order valence-electron chi connectivity index (χ1n) is 9.01. The number of hydrogen-bond acceptors (Lipinski definition) is 6. The second kappa shape index (κ2) is 7.52. The van der Waals surface area contributed by atoms with Crippen molar-refractivity contribution in [1.82, 2.24) is 14.5 Å². The van der Waals surface area contributed by atoms with Gasteiger partial charge in [-0.05, 0) is 25.2 Å². The van der Waals surface area contributed by atoms with E-state index in [9.17, 15) is 15.6 Å². The number of rotatable bonds is 6. The van der Waals surface area contributed by atoms with E-state index in [2.05, 4.69) is 24.6 Å². The summed E-state index contributed by atoms with van der Waals surface area (Å²) < 4.78 is -0.814. The fraction of sp³-hybridized carbons (Fsp3) is 0.667. The van der Waals surface area contributed by atoms with Crippen LogP contribution in [0.15, 0.2) is 12.7 Å².